The number of urea groups is 2. The first-order chi connectivity index (χ1) is 24.9. The molecule has 4 N–H and O–H groups in total. The fourth-order valence-electron chi connectivity index (χ4n) is 7.40. The van der Waals surface area contributed by atoms with E-state index in [1.807, 2.05) is 55.5 Å². The maximum absolute atomic E-state index is 13.0. The van der Waals surface area contributed by atoms with Gasteiger partial charge in [-0.25, -0.2) is 9.59 Å². The van der Waals surface area contributed by atoms with Crippen LogP contribution in [-0.4, -0.2) is 60.5 Å². The summed E-state index contributed by atoms with van der Waals surface area (Å²) in [4.78, 5) is 58.3. The van der Waals surface area contributed by atoms with Gasteiger partial charge in [-0.2, -0.15) is 0 Å². The Hall–Kier alpha value is -5.82. The zero-order chi connectivity index (χ0) is 35.5. The molecule has 0 spiro atoms. The van der Waals surface area contributed by atoms with Crippen LogP contribution in [0.5, 0.6) is 11.5 Å². The van der Waals surface area contributed by atoms with Crippen molar-refractivity contribution in [3.63, 3.8) is 0 Å². The number of nitrogens with one attached hydrogen (secondary N) is 4. The Balaban J connectivity index is 0.000000160. The van der Waals surface area contributed by atoms with Crippen LogP contribution in [-0.2, 0) is 4.74 Å². The summed E-state index contributed by atoms with van der Waals surface area (Å²) < 4.78 is 16.3. The number of carbonyl (C=O) groups is 4. The van der Waals surface area contributed by atoms with Gasteiger partial charge >= 0.3 is 12.1 Å². The van der Waals surface area contributed by atoms with Gasteiger partial charge in [0.1, 0.15) is 11.5 Å². The molecule has 2 aromatic carbocycles. The number of pyridine rings is 2. The Bertz CT molecular complexity index is 1970. The molecule has 0 radical (unpaired) electrons. The monoisotopic (exact) mass is 690 g/mol. The van der Waals surface area contributed by atoms with Crippen LogP contribution in [0.2, 0.25) is 0 Å². The predicted octanol–water partition coefficient (Wildman–Crippen LogP) is 4.79. The number of benzene rings is 2. The molecule has 4 aliphatic rings. The van der Waals surface area contributed by atoms with E-state index in [4.69, 9.17) is 14.2 Å². The first kappa shape index (κ1) is 33.7. The van der Waals surface area contributed by atoms with Gasteiger partial charge in [0, 0.05) is 56.1 Å². The van der Waals surface area contributed by atoms with Crippen molar-refractivity contribution in [2.45, 2.75) is 37.5 Å². The highest BCUT2D eigenvalue weighted by Gasteiger charge is 2.50. The minimum Gasteiger partial charge on any atom is -0.494 e. The SMILES string of the molecule is CCOc1cccc(C2NC(=O)NC3c4ccncc4C(=O)C23)c1.COCCCOc1cccc(C2NC(=O)NC3c4ccncc4C(=O)C23)c1. The molecule has 0 saturated carbocycles. The van der Waals surface area contributed by atoms with E-state index in [2.05, 4.69) is 31.2 Å². The van der Waals surface area contributed by atoms with E-state index in [1.54, 1.807) is 44.0 Å². The van der Waals surface area contributed by atoms with Gasteiger partial charge in [0.15, 0.2) is 11.6 Å². The number of aromatic nitrogens is 2. The molecule has 8 rings (SSSR count). The molecule has 2 aliphatic heterocycles. The van der Waals surface area contributed by atoms with E-state index in [1.165, 1.54) is 0 Å². The van der Waals surface area contributed by atoms with E-state index < -0.39 is 23.9 Å². The van der Waals surface area contributed by atoms with E-state index in [0.717, 1.165) is 34.4 Å². The molecular formula is C38H38N6O7. The van der Waals surface area contributed by atoms with Gasteiger partial charge in [-0.1, -0.05) is 24.3 Å². The molecule has 4 aromatic rings. The maximum Gasteiger partial charge on any atom is 0.315 e. The van der Waals surface area contributed by atoms with E-state index in [-0.39, 0.29) is 35.7 Å². The fourth-order valence-corrected chi connectivity index (χ4v) is 7.40. The van der Waals surface area contributed by atoms with Crippen molar-refractivity contribution >= 4 is 23.6 Å². The van der Waals surface area contributed by atoms with E-state index in [9.17, 15) is 19.2 Å². The summed E-state index contributed by atoms with van der Waals surface area (Å²) in [5.74, 6) is 0.625. The number of fused-ring (bicyclic) bond motifs is 6. The Morgan fingerprint density at radius 1 is 0.627 bits per heavy atom. The summed E-state index contributed by atoms with van der Waals surface area (Å²) in [5, 5.41) is 11.6. The second kappa shape index (κ2) is 14.6. The largest absolute Gasteiger partial charge is 0.494 e. The number of amides is 4. The van der Waals surface area contributed by atoms with E-state index >= 15 is 0 Å². The van der Waals surface area contributed by atoms with Gasteiger partial charge in [0.2, 0.25) is 0 Å². The highest BCUT2D eigenvalue weighted by atomic mass is 16.5. The number of methoxy groups -OCH3 is 1. The lowest BCUT2D eigenvalue weighted by molar-refractivity contribution is 0.0856. The third-order valence-corrected chi connectivity index (χ3v) is 9.61. The molecule has 13 nitrogen and oxygen atoms in total. The molecular weight excluding hydrogens is 652 g/mol. The molecule has 0 bridgehead atoms. The molecule has 262 valence electrons. The number of rotatable bonds is 9. The van der Waals surface area contributed by atoms with Crippen LogP contribution >= 0.6 is 0 Å². The van der Waals surface area contributed by atoms with Crippen LogP contribution < -0.4 is 30.7 Å². The zero-order valence-electron chi connectivity index (χ0n) is 28.1. The molecule has 13 heteroatoms. The predicted molar refractivity (Wildman–Crippen MR) is 184 cm³/mol. The Kier molecular flexibility index (Phi) is 9.62. The molecule has 4 amide bonds. The molecule has 51 heavy (non-hydrogen) atoms. The van der Waals surface area contributed by atoms with Gasteiger partial charge in [-0.3, -0.25) is 19.6 Å². The molecule has 4 heterocycles. The lowest BCUT2D eigenvalue weighted by Crippen LogP contribution is -2.51. The van der Waals surface area contributed by atoms with Crippen LogP contribution in [0.25, 0.3) is 0 Å². The molecule has 2 aromatic heterocycles. The molecule has 2 fully saturated rings. The van der Waals surface area contributed by atoms with Gasteiger partial charge in [0.25, 0.3) is 0 Å². The van der Waals surface area contributed by atoms with Crippen molar-refractivity contribution in [3.05, 3.63) is 119 Å². The summed E-state index contributed by atoms with van der Waals surface area (Å²) in [5.41, 5.74) is 4.53. The third kappa shape index (κ3) is 6.59. The van der Waals surface area contributed by atoms with Crippen molar-refractivity contribution in [1.82, 2.24) is 31.2 Å². The fraction of sp³-hybridized carbons (Fsp3) is 0.316. The summed E-state index contributed by atoms with van der Waals surface area (Å²) in [7, 11) is 1.66. The van der Waals surface area contributed by atoms with Gasteiger partial charge < -0.3 is 35.5 Å². The number of ketones is 2. The van der Waals surface area contributed by atoms with E-state index in [0.29, 0.717) is 36.7 Å². The smallest absolute Gasteiger partial charge is 0.315 e. The topological polar surface area (TPSA) is 170 Å². The first-order valence-electron chi connectivity index (χ1n) is 16.9. The van der Waals surface area contributed by atoms with Crippen molar-refractivity contribution in [2.24, 2.45) is 11.8 Å². The second-order valence-corrected chi connectivity index (χ2v) is 12.6. The Labute approximate surface area is 294 Å². The molecule has 6 unspecified atom stereocenters. The standard InChI is InChI=1S/C20H21N3O4.C18H17N3O3/c1-26-8-3-9-27-13-5-2-4-12(10-13)17-16-18(23-20(25)22-17)14-6-7-21-11-15(14)19(16)24;1-2-24-11-5-3-4-10(8-11)15-14-16(21-18(23)20-15)12-6-7-19-9-13(12)17(14)22/h2,4-7,10-11,16-18H,3,8-9H2,1H3,(H2,22,23,25);3-9,14-16H,2H2,1H3,(H2,20,21,23). The average molecular weight is 691 g/mol. The zero-order valence-corrected chi connectivity index (χ0v) is 28.1. The Morgan fingerprint density at radius 2 is 1.12 bits per heavy atom. The highest BCUT2D eigenvalue weighted by Crippen LogP contribution is 2.46. The summed E-state index contributed by atoms with van der Waals surface area (Å²) in [6, 6.07) is 16.6. The first-order valence-corrected chi connectivity index (χ1v) is 16.9. The van der Waals surface area contributed by atoms with Crippen LogP contribution in [0, 0.1) is 11.8 Å². The van der Waals surface area contributed by atoms with Crippen LogP contribution in [0.1, 0.15) is 80.5 Å². The number of nitrogens with zero attached hydrogens (tertiary/aromatic N) is 2. The highest BCUT2D eigenvalue weighted by molar-refractivity contribution is 6.05. The average Bonchev–Trinajstić information content (AvgIpc) is 3.60. The summed E-state index contributed by atoms with van der Waals surface area (Å²) in [6.45, 7) is 3.65. The van der Waals surface area contributed by atoms with Crippen LogP contribution in [0.4, 0.5) is 9.59 Å². The van der Waals surface area contributed by atoms with Gasteiger partial charge in [-0.15, -0.1) is 0 Å². The normalized spacial score (nSPS) is 23.9. The maximum atomic E-state index is 13.0. The van der Waals surface area contributed by atoms with Gasteiger partial charge in [0.05, 0.1) is 49.2 Å². The lowest BCUT2D eigenvalue weighted by Gasteiger charge is -2.35. The van der Waals surface area contributed by atoms with Gasteiger partial charge in [-0.05, 0) is 65.6 Å². The Morgan fingerprint density at radius 3 is 1.61 bits per heavy atom. The van der Waals surface area contributed by atoms with Crippen molar-refractivity contribution in [1.29, 1.82) is 0 Å². The lowest BCUT2D eigenvalue weighted by atomic mass is 9.85. The number of carbonyl (C=O) groups excluding carboxylic acids is 4. The molecule has 6 atom stereocenters. The molecule has 2 saturated heterocycles. The molecule has 2 aliphatic carbocycles. The van der Waals surface area contributed by atoms with Crippen molar-refractivity contribution in [3.8, 4) is 11.5 Å². The van der Waals surface area contributed by atoms with Crippen molar-refractivity contribution < 1.29 is 33.4 Å². The third-order valence-electron chi connectivity index (χ3n) is 9.61. The number of ether oxygens (including phenoxy) is 3. The minimum atomic E-state index is -0.425. The number of Topliss-reactive ketones (excluding diaryl/α,β-unsaturated/α-hetero) is 2. The van der Waals surface area contributed by atoms with Crippen LogP contribution in [0.3, 0.4) is 0 Å². The quantitative estimate of drug-likeness (QED) is 0.180. The second-order valence-electron chi connectivity index (χ2n) is 12.6. The van der Waals surface area contributed by atoms with Crippen LogP contribution in [0.15, 0.2) is 85.5 Å². The summed E-state index contributed by atoms with van der Waals surface area (Å²) in [6.07, 6.45) is 7.24. The summed E-state index contributed by atoms with van der Waals surface area (Å²) >= 11 is 0. The van der Waals surface area contributed by atoms with Crippen molar-refractivity contribution in [2.75, 3.05) is 26.9 Å². The minimum absolute atomic E-state index is 0.00223. The number of hydrogen-bond acceptors (Lipinski definition) is 9. The number of hydrogen-bond donors (Lipinski definition) is 4.